The summed E-state index contributed by atoms with van der Waals surface area (Å²) in [7, 11) is 0. The number of nitrogens with zero attached hydrogens (tertiary/aromatic N) is 5. The van der Waals surface area contributed by atoms with Crippen LogP contribution in [0, 0.1) is 5.82 Å². The number of hydrogen-bond acceptors (Lipinski definition) is 4. The van der Waals surface area contributed by atoms with Gasteiger partial charge in [-0.1, -0.05) is 35.0 Å². The highest BCUT2D eigenvalue weighted by atomic mass is 35.5. The molecule has 0 unspecified atom stereocenters. The molecule has 2 aromatic carbocycles. The van der Waals surface area contributed by atoms with Crippen molar-refractivity contribution in [3.05, 3.63) is 71.1 Å². The van der Waals surface area contributed by atoms with Gasteiger partial charge in [-0.15, -0.1) is 5.10 Å². The molecule has 0 amide bonds. The molecule has 0 saturated carbocycles. The standard InChI is InChI=1S/C25H25ClFN5/c26-22-17-28-25(31-11-2-1-3-12-31)16-21(22)19-9-10-23-24(15-19)32(30-29-23)13-5-7-18-6-4-8-20(27)14-18/h4,6,8-10,14-17H,1-3,5,7,11-13H2. The molecule has 7 heteroatoms. The lowest BCUT2D eigenvalue weighted by molar-refractivity contribution is 0.571. The maximum Gasteiger partial charge on any atom is 0.129 e. The molecule has 4 aromatic rings. The highest BCUT2D eigenvalue weighted by Crippen LogP contribution is 2.32. The van der Waals surface area contributed by atoms with E-state index >= 15 is 0 Å². The van der Waals surface area contributed by atoms with Crippen LogP contribution in [0.2, 0.25) is 5.02 Å². The molecule has 1 fully saturated rings. The van der Waals surface area contributed by atoms with E-state index < -0.39 is 0 Å². The number of anilines is 1. The predicted octanol–water partition coefficient (Wildman–Crippen LogP) is 5.91. The Bertz CT molecular complexity index is 1230. The van der Waals surface area contributed by atoms with E-state index in [4.69, 9.17) is 11.6 Å². The Kier molecular flexibility index (Phi) is 6.04. The van der Waals surface area contributed by atoms with Crippen LogP contribution in [0.15, 0.2) is 54.7 Å². The molecule has 32 heavy (non-hydrogen) atoms. The normalized spacial score (nSPS) is 14.2. The number of aromatic nitrogens is 4. The van der Waals surface area contributed by atoms with Crippen LogP contribution in [0.1, 0.15) is 31.2 Å². The van der Waals surface area contributed by atoms with Crippen molar-refractivity contribution in [2.75, 3.05) is 18.0 Å². The molecule has 1 aliphatic heterocycles. The van der Waals surface area contributed by atoms with Crippen molar-refractivity contribution >= 4 is 28.5 Å². The zero-order valence-electron chi connectivity index (χ0n) is 17.8. The highest BCUT2D eigenvalue weighted by Gasteiger charge is 2.15. The van der Waals surface area contributed by atoms with Crippen molar-refractivity contribution < 1.29 is 4.39 Å². The molecule has 5 rings (SSSR count). The molecular formula is C25H25ClFN5. The van der Waals surface area contributed by atoms with Crippen LogP contribution in [-0.4, -0.2) is 33.1 Å². The highest BCUT2D eigenvalue weighted by molar-refractivity contribution is 6.33. The quantitative estimate of drug-likeness (QED) is 0.367. The third kappa shape index (κ3) is 4.46. The average Bonchev–Trinajstić information content (AvgIpc) is 3.22. The first-order chi connectivity index (χ1) is 15.7. The molecule has 5 nitrogen and oxygen atoms in total. The summed E-state index contributed by atoms with van der Waals surface area (Å²) in [5.41, 5.74) is 4.80. The maximum atomic E-state index is 13.4. The molecule has 0 spiro atoms. The molecule has 3 heterocycles. The fraction of sp³-hybridized carbons (Fsp3) is 0.320. The molecule has 164 valence electrons. The molecule has 2 aromatic heterocycles. The second-order valence-electron chi connectivity index (χ2n) is 8.32. The van der Waals surface area contributed by atoms with Crippen LogP contribution in [0.5, 0.6) is 0 Å². The third-order valence-electron chi connectivity index (χ3n) is 6.07. The smallest absolute Gasteiger partial charge is 0.129 e. The topological polar surface area (TPSA) is 46.8 Å². The van der Waals surface area contributed by atoms with E-state index in [1.54, 1.807) is 18.3 Å². The van der Waals surface area contributed by atoms with Crippen LogP contribution in [0.4, 0.5) is 10.2 Å². The van der Waals surface area contributed by atoms with Crippen LogP contribution in [0.25, 0.3) is 22.2 Å². The fourth-order valence-electron chi connectivity index (χ4n) is 4.37. The monoisotopic (exact) mass is 449 g/mol. The summed E-state index contributed by atoms with van der Waals surface area (Å²) in [5.74, 6) is 0.780. The van der Waals surface area contributed by atoms with Gasteiger partial charge in [-0.25, -0.2) is 14.1 Å². The van der Waals surface area contributed by atoms with E-state index in [1.165, 1.54) is 25.3 Å². The lowest BCUT2D eigenvalue weighted by Gasteiger charge is -2.28. The van der Waals surface area contributed by atoms with E-state index in [0.29, 0.717) is 11.6 Å². The second-order valence-corrected chi connectivity index (χ2v) is 8.73. The molecule has 0 radical (unpaired) electrons. The van der Waals surface area contributed by atoms with E-state index in [9.17, 15) is 4.39 Å². The lowest BCUT2D eigenvalue weighted by Crippen LogP contribution is -2.30. The fourth-order valence-corrected chi connectivity index (χ4v) is 4.58. The minimum absolute atomic E-state index is 0.198. The average molecular weight is 450 g/mol. The summed E-state index contributed by atoms with van der Waals surface area (Å²) in [5, 5.41) is 9.27. The predicted molar refractivity (Wildman–Crippen MR) is 127 cm³/mol. The first kappa shape index (κ1) is 20.9. The van der Waals surface area contributed by atoms with Crippen molar-refractivity contribution in [3.8, 4) is 11.1 Å². The summed E-state index contributed by atoms with van der Waals surface area (Å²) in [4.78, 5) is 6.90. The number of hydrogen-bond donors (Lipinski definition) is 0. The van der Waals surface area contributed by atoms with E-state index in [0.717, 1.165) is 59.5 Å². The number of fused-ring (bicyclic) bond motifs is 1. The maximum absolute atomic E-state index is 13.4. The number of rotatable bonds is 6. The van der Waals surface area contributed by atoms with Gasteiger partial charge in [0, 0.05) is 31.4 Å². The van der Waals surface area contributed by atoms with Crippen molar-refractivity contribution in [2.24, 2.45) is 0 Å². The summed E-state index contributed by atoms with van der Waals surface area (Å²) in [6.07, 6.45) is 7.07. The molecule has 0 N–H and O–H groups in total. The van der Waals surface area contributed by atoms with Gasteiger partial charge in [0.05, 0.1) is 10.5 Å². The van der Waals surface area contributed by atoms with Gasteiger partial charge in [0.1, 0.15) is 17.2 Å². The van der Waals surface area contributed by atoms with Crippen LogP contribution >= 0.6 is 11.6 Å². The van der Waals surface area contributed by atoms with Gasteiger partial charge >= 0.3 is 0 Å². The summed E-state index contributed by atoms with van der Waals surface area (Å²) in [6, 6.07) is 15.0. The number of piperidine rings is 1. The van der Waals surface area contributed by atoms with E-state index in [1.807, 2.05) is 22.9 Å². The van der Waals surface area contributed by atoms with Gasteiger partial charge < -0.3 is 4.90 Å². The zero-order chi connectivity index (χ0) is 21.9. The minimum Gasteiger partial charge on any atom is -0.357 e. The minimum atomic E-state index is -0.198. The number of aryl methyl sites for hydroxylation is 2. The van der Waals surface area contributed by atoms with Crippen LogP contribution < -0.4 is 4.90 Å². The van der Waals surface area contributed by atoms with Crippen molar-refractivity contribution in [3.63, 3.8) is 0 Å². The van der Waals surface area contributed by atoms with Gasteiger partial charge in [0.25, 0.3) is 0 Å². The summed E-state index contributed by atoms with van der Waals surface area (Å²) in [6.45, 7) is 2.78. The van der Waals surface area contributed by atoms with Crippen molar-refractivity contribution in [2.45, 2.75) is 38.6 Å². The van der Waals surface area contributed by atoms with E-state index in [2.05, 4.69) is 32.3 Å². The van der Waals surface area contributed by atoms with Crippen molar-refractivity contribution in [1.82, 2.24) is 20.0 Å². The lowest BCUT2D eigenvalue weighted by atomic mass is 10.1. The molecule has 1 saturated heterocycles. The number of pyridine rings is 1. The Labute approximate surface area is 191 Å². The first-order valence-corrected chi connectivity index (χ1v) is 11.5. The van der Waals surface area contributed by atoms with E-state index in [-0.39, 0.29) is 5.82 Å². The summed E-state index contributed by atoms with van der Waals surface area (Å²) >= 11 is 6.55. The Morgan fingerprint density at radius 2 is 1.88 bits per heavy atom. The van der Waals surface area contributed by atoms with Gasteiger partial charge in [-0.05, 0) is 73.6 Å². The van der Waals surface area contributed by atoms with Crippen LogP contribution in [-0.2, 0) is 13.0 Å². The molecule has 0 aliphatic carbocycles. The van der Waals surface area contributed by atoms with Gasteiger partial charge in [-0.2, -0.15) is 0 Å². The van der Waals surface area contributed by atoms with Gasteiger partial charge in [-0.3, -0.25) is 0 Å². The number of halogens is 2. The van der Waals surface area contributed by atoms with Gasteiger partial charge in [0.15, 0.2) is 0 Å². The largest absolute Gasteiger partial charge is 0.357 e. The Hall–Kier alpha value is -2.99. The second kappa shape index (κ2) is 9.25. The summed E-state index contributed by atoms with van der Waals surface area (Å²) < 4.78 is 15.3. The SMILES string of the molecule is Fc1cccc(CCCn2nnc3ccc(-c4cc(N5CCCCC5)ncc4Cl)cc32)c1. The van der Waals surface area contributed by atoms with Crippen LogP contribution in [0.3, 0.4) is 0 Å². The molecule has 1 aliphatic rings. The molecular weight excluding hydrogens is 425 g/mol. The third-order valence-corrected chi connectivity index (χ3v) is 6.37. The molecule has 0 bridgehead atoms. The van der Waals surface area contributed by atoms with Crippen molar-refractivity contribution in [1.29, 1.82) is 0 Å². The van der Waals surface area contributed by atoms with Gasteiger partial charge in [0.2, 0.25) is 0 Å². The Morgan fingerprint density at radius 1 is 1.00 bits per heavy atom. The molecule has 0 atom stereocenters. The zero-order valence-corrected chi connectivity index (χ0v) is 18.6. The Balaban J connectivity index is 1.38. The first-order valence-electron chi connectivity index (χ1n) is 11.2. The Morgan fingerprint density at radius 3 is 2.72 bits per heavy atom. The number of benzene rings is 2.